The van der Waals surface area contributed by atoms with Crippen molar-refractivity contribution in [3.63, 3.8) is 0 Å². The van der Waals surface area contributed by atoms with E-state index in [9.17, 15) is 0 Å². The Balaban J connectivity index is 2.60. The van der Waals surface area contributed by atoms with Gasteiger partial charge in [0.1, 0.15) is 5.75 Å². The molecule has 0 fully saturated rings. The van der Waals surface area contributed by atoms with Gasteiger partial charge in [-0.3, -0.25) is 0 Å². The molecule has 0 aliphatic rings. The van der Waals surface area contributed by atoms with Crippen LogP contribution in [0.2, 0.25) is 0 Å². The molecule has 0 radical (unpaired) electrons. The van der Waals surface area contributed by atoms with Gasteiger partial charge in [-0.05, 0) is 32.4 Å². The molecule has 4 nitrogen and oxygen atoms in total. The molecule has 0 aliphatic heterocycles. The SMILES string of the molecule is CCCOc1cccc(NCC(C)OCC)c1N. The molecule has 3 N–H and O–H groups in total. The van der Waals surface area contributed by atoms with Gasteiger partial charge >= 0.3 is 0 Å². The lowest BCUT2D eigenvalue weighted by Crippen LogP contribution is -2.20. The summed E-state index contributed by atoms with van der Waals surface area (Å²) in [4.78, 5) is 0. The van der Waals surface area contributed by atoms with E-state index >= 15 is 0 Å². The van der Waals surface area contributed by atoms with Crippen molar-refractivity contribution in [2.24, 2.45) is 0 Å². The molecule has 0 spiro atoms. The highest BCUT2D eigenvalue weighted by atomic mass is 16.5. The van der Waals surface area contributed by atoms with Crippen LogP contribution in [0, 0.1) is 0 Å². The number of anilines is 2. The number of nitrogen functional groups attached to an aromatic ring is 1. The minimum Gasteiger partial charge on any atom is -0.491 e. The lowest BCUT2D eigenvalue weighted by molar-refractivity contribution is 0.0855. The molecule has 0 heterocycles. The van der Waals surface area contributed by atoms with Crippen molar-refractivity contribution < 1.29 is 9.47 Å². The molecule has 4 heteroatoms. The number of rotatable bonds is 8. The third-order valence-electron chi connectivity index (χ3n) is 2.56. The van der Waals surface area contributed by atoms with Crippen LogP contribution >= 0.6 is 0 Å². The van der Waals surface area contributed by atoms with Crippen molar-refractivity contribution in [3.8, 4) is 5.75 Å². The number of nitrogens with one attached hydrogen (secondary N) is 1. The first kappa shape index (κ1) is 14.6. The van der Waals surface area contributed by atoms with Crippen LogP contribution in [0.1, 0.15) is 27.2 Å². The fraction of sp³-hybridized carbons (Fsp3) is 0.571. The molecular formula is C14H24N2O2. The molecule has 18 heavy (non-hydrogen) atoms. The van der Waals surface area contributed by atoms with E-state index in [-0.39, 0.29) is 6.10 Å². The first-order chi connectivity index (χ1) is 8.69. The van der Waals surface area contributed by atoms with Crippen LogP contribution in [-0.4, -0.2) is 25.9 Å². The van der Waals surface area contributed by atoms with E-state index in [0.29, 0.717) is 12.3 Å². The second-order valence-corrected chi connectivity index (χ2v) is 4.21. The van der Waals surface area contributed by atoms with Gasteiger partial charge in [0.05, 0.1) is 24.1 Å². The number of benzene rings is 1. The van der Waals surface area contributed by atoms with Gasteiger partial charge in [-0.25, -0.2) is 0 Å². The fourth-order valence-corrected chi connectivity index (χ4v) is 1.63. The summed E-state index contributed by atoms with van der Waals surface area (Å²) in [5.74, 6) is 0.742. The van der Waals surface area contributed by atoms with E-state index in [1.165, 1.54) is 0 Å². The van der Waals surface area contributed by atoms with Gasteiger partial charge in [0.25, 0.3) is 0 Å². The maximum atomic E-state index is 6.06. The lowest BCUT2D eigenvalue weighted by Gasteiger charge is -2.16. The molecule has 1 atom stereocenters. The van der Waals surface area contributed by atoms with Crippen LogP contribution in [0.25, 0.3) is 0 Å². The Labute approximate surface area is 109 Å². The molecule has 0 amide bonds. The third-order valence-corrected chi connectivity index (χ3v) is 2.56. The van der Waals surface area contributed by atoms with Gasteiger partial charge < -0.3 is 20.5 Å². The van der Waals surface area contributed by atoms with Gasteiger partial charge in [0, 0.05) is 13.2 Å². The molecule has 0 bridgehead atoms. The van der Waals surface area contributed by atoms with Crippen LogP contribution in [0.4, 0.5) is 11.4 Å². The highest BCUT2D eigenvalue weighted by Crippen LogP contribution is 2.29. The number of para-hydroxylation sites is 1. The first-order valence-corrected chi connectivity index (χ1v) is 6.55. The molecule has 1 aromatic carbocycles. The Morgan fingerprint density at radius 2 is 2.11 bits per heavy atom. The summed E-state index contributed by atoms with van der Waals surface area (Å²) in [5, 5.41) is 3.28. The average Bonchev–Trinajstić information content (AvgIpc) is 2.36. The fourth-order valence-electron chi connectivity index (χ4n) is 1.63. The number of hydrogen-bond acceptors (Lipinski definition) is 4. The maximum Gasteiger partial charge on any atom is 0.144 e. The summed E-state index contributed by atoms with van der Waals surface area (Å²) in [7, 11) is 0. The zero-order valence-corrected chi connectivity index (χ0v) is 11.5. The molecule has 0 aliphatic carbocycles. The molecular weight excluding hydrogens is 228 g/mol. The standard InChI is InChI=1S/C14H24N2O2/c1-4-9-18-13-8-6-7-12(14(13)15)16-10-11(3)17-5-2/h6-8,11,16H,4-5,9-10,15H2,1-3H3. The van der Waals surface area contributed by atoms with Crippen LogP contribution in [0.3, 0.4) is 0 Å². The molecule has 102 valence electrons. The van der Waals surface area contributed by atoms with Gasteiger partial charge in [-0.2, -0.15) is 0 Å². The topological polar surface area (TPSA) is 56.5 Å². The zero-order valence-electron chi connectivity index (χ0n) is 11.5. The lowest BCUT2D eigenvalue weighted by atomic mass is 10.2. The summed E-state index contributed by atoms with van der Waals surface area (Å²) in [6, 6.07) is 5.78. The summed E-state index contributed by atoms with van der Waals surface area (Å²) >= 11 is 0. The van der Waals surface area contributed by atoms with Crippen LogP contribution < -0.4 is 15.8 Å². The normalized spacial score (nSPS) is 12.2. The molecule has 1 rings (SSSR count). The van der Waals surface area contributed by atoms with E-state index < -0.39 is 0 Å². The van der Waals surface area contributed by atoms with Crippen LogP contribution in [-0.2, 0) is 4.74 Å². The molecule has 1 aromatic rings. The van der Waals surface area contributed by atoms with Crippen molar-refractivity contribution in [2.45, 2.75) is 33.3 Å². The largest absolute Gasteiger partial charge is 0.491 e. The van der Waals surface area contributed by atoms with E-state index in [4.69, 9.17) is 15.2 Å². The van der Waals surface area contributed by atoms with Crippen LogP contribution in [0.15, 0.2) is 18.2 Å². The Hall–Kier alpha value is -1.42. The monoisotopic (exact) mass is 252 g/mol. The Morgan fingerprint density at radius 1 is 1.33 bits per heavy atom. The van der Waals surface area contributed by atoms with Gasteiger partial charge in [0.2, 0.25) is 0 Å². The molecule has 0 saturated heterocycles. The predicted molar refractivity (Wildman–Crippen MR) is 76.2 cm³/mol. The average molecular weight is 252 g/mol. The second-order valence-electron chi connectivity index (χ2n) is 4.21. The molecule has 0 aromatic heterocycles. The Kier molecular flexibility index (Phi) is 6.36. The third kappa shape index (κ3) is 4.45. The number of ether oxygens (including phenoxy) is 2. The van der Waals surface area contributed by atoms with Crippen molar-refractivity contribution in [1.29, 1.82) is 0 Å². The van der Waals surface area contributed by atoms with E-state index in [2.05, 4.69) is 12.2 Å². The molecule has 0 saturated carbocycles. The Morgan fingerprint density at radius 3 is 2.78 bits per heavy atom. The predicted octanol–water partition coefficient (Wildman–Crippen LogP) is 2.89. The highest BCUT2D eigenvalue weighted by Gasteiger charge is 2.07. The minimum absolute atomic E-state index is 0.162. The summed E-state index contributed by atoms with van der Waals surface area (Å²) in [6.45, 7) is 8.23. The highest BCUT2D eigenvalue weighted by molar-refractivity contribution is 5.72. The second kappa shape index (κ2) is 7.82. The van der Waals surface area contributed by atoms with Crippen molar-refractivity contribution in [3.05, 3.63) is 18.2 Å². The zero-order chi connectivity index (χ0) is 13.4. The maximum absolute atomic E-state index is 6.06. The summed E-state index contributed by atoms with van der Waals surface area (Å²) in [6.07, 6.45) is 1.13. The van der Waals surface area contributed by atoms with Gasteiger partial charge in [-0.1, -0.05) is 13.0 Å². The number of nitrogens with two attached hydrogens (primary N) is 1. The van der Waals surface area contributed by atoms with Crippen molar-refractivity contribution in [1.82, 2.24) is 0 Å². The quantitative estimate of drug-likeness (QED) is 0.698. The number of hydrogen-bond donors (Lipinski definition) is 2. The van der Waals surface area contributed by atoms with Crippen molar-refractivity contribution >= 4 is 11.4 Å². The van der Waals surface area contributed by atoms with E-state index in [1.54, 1.807) is 0 Å². The van der Waals surface area contributed by atoms with Crippen molar-refractivity contribution in [2.75, 3.05) is 30.8 Å². The minimum atomic E-state index is 0.162. The van der Waals surface area contributed by atoms with Crippen LogP contribution in [0.5, 0.6) is 5.75 Å². The Bertz CT molecular complexity index is 356. The first-order valence-electron chi connectivity index (χ1n) is 6.55. The molecule has 1 unspecified atom stereocenters. The van der Waals surface area contributed by atoms with E-state index in [1.807, 2.05) is 32.0 Å². The van der Waals surface area contributed by atoms with E-state index in [0.717, 1.165) is 31.0 Å². The summed E-state index contributed by atoms with van der Waals surface area (Å²) < 4.78 is 11.0. The van der Waals surface area contributed by atoms with Gasteiger partial charge in [0.15, 0.2) is 0 Å². The smallest absolute Gasteiger partial charge is 0.144 e. The van der Waals surface area contributed by atoms with Gasteiger partial charge in [-0.15, -0.1) is 0 Å². The summed E-state index contributed by atoms with van der Waals surface area (Å²) in [5.41, 5.74) is 7.62.